The van der Waals surface area contributed by atoms with Crippen LogP contribution in [0.1, 0.15) is 16.4 Å². The quantitative estimate of drug-likeness (QED) is 0.767. The Morgan fingerprint density at radius 1 is 1.45 bits per heavy atom. The molecular formula is C11H14N6O3. The van der Waals surface area contributed by atoms with Crippen LogP contribution in [-0.4, -0.2) is 51.8 Å². The lowest BCUT2D eigenvalue weighted by Crippen LogP contribution is -2.11. The van der Waals surface area contributed by atoms with Crippen molar-refractivity contribution in [2.24, 2.45) is 0 Å². The van der Waals surface area contributed by atoms with Crippen molar-refractivity contribution >= 4 is 17.7 Å². The molecule has 2 aromatic heterocycles. The fourth-order valence-corrected chi connectivity index (χ4v) is 1.40. The summed E-state index contributed by atoms with van der Waals surface area (Å²) in [6, 6.07) is 1.36. The molecule has 0 radical (unpaired) electrons. The molecule has 0 aliphatic heterocycles. The Bertz CT molecular complexity index is 597. The largest absolute Gasteiger partial charge is 0.477 e. The number of aromatic nitrogens is 4. The summed E-state index contributed by atoms with van der Waals surface area (Å²) in [4.78, 5) is 24.2. The second kappa shape index (κ2) is 5.95. The highest BCUT2D eigenvalue weighted by molar-refractivity contribution is 5.85. The second-order valence-electron chi connectivity index (χ2n) is 4.15. The van der Waals surface area contributed by atoms with Gasteiger partial charge in [0.05, 0.1) is 0 Å². The fourth-order valence-electron chi connectivity index (χ4n) is 1.40. The van der Waals surface area contributed by atoms with Gasteiger partial charge in [-0.1, -0.05) is 0 Å². The molecule has 0 atom stereocenters. The van der Waals surface area contributed by atoms with Crippen LogP contribution in [0.3, 0.4) is 0 Å². The van der Waals surface area contributed by atoms with Gasteiger partial charge in [-0.3, -0.25) is 0 Å². The standard InChI is InChI=1S/C11H14N6O3/c1-17(2)11-15-9(20-16-11)3-4-12-8-5-7(10(18)19)13-6-14-8/h5-6H,3-4H2,1-2H3,(H,18,19)(H,12,13,14). The lowest BCUT2D eigenvalue weighted by Gasteiger charge is -2.04. The van der Waals surface area contributed by atoms with Gasteiger partial charge in [0, 0.05) is 33.1 Å². The second-order valence-corrected chi connectivity index (χ2v) is 4.15. The van der Waals surface area contributed by atoms with Crippen molar-refractivity contribution in [1.29, 1.82) is 0 Å². The van der Waals surface area contributed by atoms with Crippen LogP contribution in [0, 0.1) is 0 Å². The molecule has 9 heteroatoms. The zero-order valence-corrected chi connectivity index (χ0v) is 11.1. The van der Waals surface area contributed by atoms with E-state index in [-0.39, 0.29) is 5.69 Å². The molecule has 20 heavy (non-hydrogen) atoms. The molecule has 0 bridgehead atoms. The van der Waals surface area contributed by atoms with Crippen molar-refractivity contribution in [3.63, 3.8) is 0 Å². The lowest BCUT2D eigenvalue weighted by molar-refractivity contribution is 0.0690. The Morgan fingerprint density at radius 2 is 2.25 bits per heavy atom. The van der Waals surface area contributed by atoms with Crippen molar-refractivity contribution in [2.45, 2.75) is 6.42 Å². The molecule has 0 aliphatic rings. The molecule has 0 spiro atoms. The van der Waals surface area contributed by atoms with Crippen LogP contribution >= 0.6 is 0 Å². The molecule has 0 saturated carbocycles. The number of hydrogen-bond acceptors (Lipinski definition) is 8. The van der Waals surface area contributed by atoms with E-state index in [2.05, 4.69) is 25.4 Å². The lowest BCUT2D eigenvalue weighted by atomic mass is 10.3. The van der Waals surface area contributed by atoms with E-state index in [0.29, 0.717) is 30.6 Å². The monoisotopic (exact) mass is 278 g/mol. The molecule has 2 aromatic rings. The van der Waals surface area contributed by atoms with Gasteiger partial charge in [0.1, 0.15) is 12.1 Å². The van der Waals surface area contributed by atoms with Crippen LogP contribution in [0.25, 0.3) is 0 Å². The van der Waals surface area contributed by atoms with E-state index in [1.165, 1.54) is 12.4 Å². The Kier molecular flexibility index (Phi) is 4.08. The molecule has 0 unspecified atom stereocenters. The molecule has 106 valence electrons. The van der Waals surface area contributed by atoms with Gasteiger partial charge in [0.15, 0.2) is 5.69 Å². The number of nitrogens with zero attached hydrogens (tertiary/aromatic N) is 5. The molecule has 0 aromatic carbocycles. The Morgan fingerprint density at radius 3 is 2.90 bits per heavy atom. The van der Waals surface area contributed by atoms with Gasteiger partial charge in [-0.2, -0.15) is 4.98 Å². The van der Waals surface area contributed by atoms with Crippen molar-refractivity contribution in [3.8, 4) is 0 Å². The van der Waals surface area contributed by atoms with Crippen LogP contribution in [0.5, 0.6) is 0 Å². The summed E-state index contributed by atoms with van der Waals surface area (Å²) in [5.74, 6) is 0.344. The number of hydrogen-bond donors (Lipinski definition) is 2. The minimum absolute atomic E-state index is 0.0600. The van der Waals surface area contributed by atoms with Crippen LogP contribution in [0.15, 0.2) is 16.9 Å². The summed E-state index contributed by atoms with van der Waals surface area (Å²) in [5.41, 5.74) is -0.0600. The van der Waals surface area contributed by atoms with Crippen LogP contribution in [-0.2, 0) is 6.42 Å². The normalized spacial score (nSPS) is 10.3. The summed E-state index contributed by atoms with van der Waals surface area (Å²) < 4.78 is 5.06. The molecule has 0 aliphatic carbocycles. The summed E-state index contributed by atoms with van der Waals surface area (Å²) >= 11 is 0. The van der Waals surface area contributed by atoms with E-state index in [1.54, 1.807) is 4.90 Å². The summed E-state index contributed by atoms with van der Waals surface area (Å²) in [7, 11) is 3.64. The molecule has 0 saturated heterocycles. The maximum absolute atomic E-state index is 10.8. The Labute approximate surface area is 114 Å². The molecule has 0 fully saturated rings. The van der Waals surface area contributed by atoms with Gasteiger partial charge in [-0.25, -0.2) is 14.8 Å². The first kappa shape index (κ1) is 13.7. The maximum atomic E-state index is 10.8. The summed E-state index contributed by atoms with van der Waals surface area (Å²) in [6.07, 6.45) is 1.70. The predicted molar refractivity (Wildman–Crippen MR) is 69.8 cm³/mol. The number of carboxylic acid groups (broad SMARTS) is 1. The predicted octanol–water partition coefficient (Wildman–Crippen LogP) is 0.278. The zero-order chi connectivity index (χ0) is 14.5. The van der Waals surface area contributed by atoms with E-state index < -0.39 is 5.97 Å². The number of aromatic carboxylic acids is 1. The summed E-state index contributed by atoms with van der Waals surface area (Å²) in [6.45, 7) is 0.491. The van der Waals surface area contributed by atoms with E-state index in [0.717, 1.165) is 0 Å². The van der Waals surface area contributed by atoms with E-state index >= 15 is 0 Å². The number of carboxylic acids is 1. The van der Waals surface area contributed by atoms with Gasteiger partial charge in [0.2, 0.25) is 5.89 Å². The van der Waals surface area contributed by atoms with Gasteiger partial charge in [-0.15, -0.1) is 0 Å². The molecular weight excluding hydrogens is 264 g/mol. The average Bonchev–Trinajstić information content (AvgIpc) is 2.88. The van der Waals surface area contributed by atoms with Gasteiger partial charge < -0.3 is 19.8 Å². The van der Waals surface area contributed by atoms with E-state index in [1.807, 2.05) is 14.1 Å². The maximum Gasteiger partial charge on any atom is 0.354 e. The third-order valence-electron chi connectivity index (χ3n) is 2.39. The first-order valence-electron chi connectivity index (χ1n) is 5.85. The number of carbonyl (C=O) groups is 1. The SMILES string of the molecule is CN(C)c1noc(CCNc2cc(C(=O)O)ncn2)n1. The third-order valence-corrected chi connectivity index (χ3v) is 2.39. The number of anilines is 2. The summed E-state index contributed by atoms with van der Waals surface area (Å²) in [5, 5.41) is 15.6. The minimum atomic E-state index is -1.09. The highest BCUT2D eigenvalue weighted by Crippen LogP contribution is 2.07. The van der Waals surface area contributed by atoms with Crippen molar-refractivity contribution < 1.29 is 14.4 Å². The van der Waals surface area contributed by atoms with Crippen LogP contribution < -0.4 is 10.2 Å². The third kappa shape index (κ3) is 3.40. The van der Waals surface area contributed by atoms with Crippen molar-refractivity contribution in [2.75, 3.05) is 30.9 Å². The van der Waals surface area contributed by atoms with Gasteiger partial charge in [-0.05, 0) is 5.16 Å². The highest BCUT2D eigenvalue weighted by Gasteiger charge is 2.08. The average molecular weight is 278 g/mol. The number of rotatable bonds is 6. The molecule has 2 heterocycles. The van der Waals surface area contributed by atoms with Gasteiger partial charge >= 0.3 is 5.97 Å². The topological polar surface area (TPSA) is 117 Å². The molecule has 2 rings (SSSR count). The van der Waals surface area contributed by atoms with Crippen molar-refractivity contribution in [3.05, 3.63) is 24.0 Å². The first-order valence-corrected chi connectivity index (χ1v) is 5.85. The fraction of sp³-hybridized carbons (Fsp3) is 0.364. The number of nitrogens with one attached hydrogen (secondary N) is 1. The zero-order valence-electron chi connectivity index (χ0n) is 11.1. The first-order chi connectivity index (χ1) is 9.56. The smallest absolute Gasteiger partial charge is 0.354 e. The van der Waals surface area contributed by atoms with E-state index in [9.17, 15) is 4.79 Å². The minimum Gasteiger partial charge on any atom is -0.477 e. The van der Waals surface area contributed by atoms with Crippen LogP contribution in [0.4, 0.5) is 11.8 Å². The van der Waals surface area contributed by atoms with Crippen molar-refractivity contribution in [1.82, 2.24) is 20.1 Å². The Hall–Kier alpha value is -2.71. The van der Waals surface area contributed by atoms with Gasteiger partial charge in [0.25, 0.3) is 5.95 Å². The Balaban J connectivity index is 1.89. The highest BCUT2D eigenvalue weighted by atomic mass is 16.5. The van der Waals surface area contributed by atoms with Crippen LogP contribution in [0.2, 0.25) is 0 Å². The molecule has 2 N–H and O–H groups in total. The molecule has 0 amide bonds. The molecule has 9 nitrogen and oxygen atoms in total. The van der Waals surface area contributed by atoms with E-state index in [4.69, 9.17) is 9.63 Å².